The molecule has 0 aliphatic heterocycles. The highest BCUT2D eigenvalue weighted by Crippen LogP contribution is 2.10. The van der Waals surface area contributed by atoms with E-state index < -0.39 is 12.5 Å². The van der Waals surface area contributed by atoms with Crippen LogP contribution in [0.2, 0.25) is 0 Å². The summed E-state index contributed by atoms with van der Waals surface area (Å²) in [5.41, 5.74) is 1.81. The zero-order valence-electron chi connectivity index (χ0n) is 7.37. The van der Waals surface area contributed by atoms with Gasteiger partial charge in [0.05, 0.1) is 0 Å². The van der Waals surface area contributed by atoms with E-state index in [4.69, 9.17) is 5.11 Å². The van der Waals surface area contributed by atoms with Gasteiger partial charge in [-0.05, 0) is 12.5 Å². The van der Waals surface area contributed by atoms with E-state index >= 15 is 0 Å². The molecule has 0 heterocycles. The monoisotopic (exact) mass is 186 g/mol. The van der Waals surface area contributed by atoms with Crippen molar-refractivity contribution < 1.29 is 13.9 Å². The highest BCUT2D eigenvalue weighted by Gasteiger charge is 2.16. The van der Waals surface area contributed by atoms with E-state index in [9.17, 15) is 8.78 Å². The Kier molecular flexibility index (Phi) is 3.37. The molecule has 0 aliphatic carbocycles. The maximum Gasteiger partial charge on any atom is 0.264 e. The molecule has 0 fully saturated rings. The van der Waals surface area contributed by atoms with Gasteiger partial charge >= 0.3 is 0 Å². The molecule has 1 unspecified atom stereocenters. The summed E-state index contributed by atoms with van der Waals surface area (Å²) in [6, 6.07) is 7.18. The van der Waals surface area contributed by atoms with Crippen molar-refractivity contribution in [3.05, 3.63) is 35.4 Å². The predicted octanol–water partition coefficient (Wildman–Crippen LogP) is 2.16. The molecule has 1 atom stereocenters. The normalized spacial score (nSPS) is 13.3. The third-order valence-corrected chi connectivity index (χ3v) is 1.86. The minimum atomic E-state index is -2.67. The van der Waals surface area contributed by atoms with Crippen molar-refractivity contribution >= 4 is 0 Å². The average Bonchev–Trinajstić information content (AvgIpc) is 2.08. The first-order valence-electron chi connectivity index (χ1n) is 4.11. The van der Waals surface area contributed by atoms with Crippen molar-refractivity contribution in [2.45, 2.75) is 25.9 Å². The average molecular weight is 186 g/mol. The molecule has 1 N–H and O–H groups in total. The van der Waals surface area contributed by atoms with Gasteiger partial charge in [-0.25, -0.2) is 8.78 Å². The Labute approximate surface area is 76.0 Å². The van der Waals surface area contributed by atoms with Gasteiger partial charge in [-0.2, -0.15) is 0 Å². The van der Waals surface area contributed by atoms with Gasteiger partial charge in [-0.1, -0.05) is 29.8 Å². The Hall–Kier alpha value is -0.960. The molecule has 0 amide bonds. The molecule has 0 spiro atoms. The van der Waals surface area contributed by atoms with Gasteiger partial charge in [0.2, 0.25) is 0 Å². The Morgan fingerprint density at radius 2 is 1.77 bits per heavy atom. The lowest BCUT2D eigenvalue weighted by Crippen LogP contribution is -2.19. The molecule has 0 saturated carbocycles. The van der Waals surface area contributed by atoms with Crippen LogP contribution in [0, 0.1) is 6.92 Å². The Bertz CT molecular complexity index is 256. The SMILES string of the molecule is Cc1ccc(CC(O)C(F)F)cc1. The van der Waals surface area contributed by atoms with Crippen LogP contribution in [0.3, 0.4) is 0 Å². The molecule has 1 rings (SSSR count). The zero-order valence-corrected chi connectivity index (χ0v) is 7.37. The fraction of sp³-hybridized carbons (Fsp3) is 0.400. The molecule has 1 aromatic carbocycles. The van der Waals surface area contributed by atoms with Crippen molar-refractivity contribution in [3.8, 4) is 0 Å². The van der Waals surface area contributed by atoms with E-state index in [2.05, 4.69) is 0 Å². The number of rotatable bonds is 3. The van der Waals surface area contributed by atoms with Crippen LogP contribution in [-0.2, 0) is 6.42 Å². The number of hydrogen-bond acceptors (Lipinski definition) is 1. The second-order valence-corrected chi connectivity index (χ2v) is 3.09. The number of alkyl halides is 2. The van der Waals surface area contributed by atoms with Crippen LogP contribution in [0.25, 0.3) is 0 Å². The summed E-state index contributed by atoms with van der Waals surface area (Å²) in [5.74, 6) is 0. The number of aryl methyl sites for hydroxylation is 1. The minimum absolute atomic E-state index is 0.0119. The van der Waals surface area contributed by atoms with Crippen molar-refractivity contribution in [1.82, 2.24) is 0 Å². The highest BCUT2D eigenvalue weighted by molar-refractivity contribution is 5.21. The first kappa shape index (κ1) is 10.1. The van der Waals surface area contributed by atoms with E-state index in [-0.39, 0.29) is 6.42 Å². The third kappa shape index (κ3) is 3.11. The van der Waals surface area contributed by atoms with Crippen LogP contribution in [0.1, 0.15) is 11.1 Å². The van der Waals surface area contributed by atoms with E-state index in [0.717, 1.165) is 11.1 Å². The Morgan fingerprint density at radius 1 is 1.23 bits per heavy atom. The molecule has 0 saturated heterocycles. The maximum absolute atomic E-state index is 11.9. The standard InChI is InChI=1S/C10H12F2O/c1-7-2-4-8(5-3-7)6-9(13)10(11)12/h2-5,9-10,13H,6H2,1H3. The molecule has 13 heavy (non-hydrogen) atoms. The third-order valence-electron chi connectivity index (χ3n) is 1.86. The van der Waals surface area contributed by atoms with Gasteiger partial charge < -0.3 is 5.11 Å². The number of aliphatic hydroxyl groups excluding tert-OH is 1. The van der Waals surface area contributed by atoms with Gasteiger partial charge in [0.1, 0.15) is 6.10 Å². The van der Waals surface area contributed by atoms with E-state index in [1.165, 1.54) is 0 Å². The number of aliphatic hydroxyl groups is 1. The van der Waals surface area contributed by atoms with E-state index in [0.29, 0.717) is 0 Å². The zero-order chi connectivity index (χ0) is 9.84. The summed E-state index contributed by atoms with van der Waals surface area (Å²) < 4.78 is 23.9. The summed E-state index contributed by atoms with van der Waals surface area (Å²) in [5, 5.41) is 8.90. The highest BCUT2D eigenvalue weighted by atomic mass is 19.3. The van der Waals surface area contributed by atoms with Gasteiger partial charge in [-0.3, -0.25) is 0 Å². The first-order chi connectivity index (χ1) is 6.09. The molecule has 1 aromatic rings. The Morgan fingerprint density at radius 3 is 2.23 bits per heavy atom. The van der Waals surface area contributed by atoms with Crippen LogP contribution < -0.4 is 0 Å². The topological polar surface area (TPSA) is 20.2 Å². The molecule has 0 aromatic heterocycles. The van der Waals surface area contributed by atoms with Crippen LogP contribution >= 0.6 is 0 Å². The summed E-state index contributed by atoms with van der Waals surface area (Å²) >= 11 is 0. The minimum Gasteiger partial charge on any atom is -0.387 e. The van der Waals surface area contributed by atoms with E-state index in [1.807, 2.05) is 19.1 Å². The molecule has 72 valence electrons. The molecular weight excluding hydrogens is 174 g/mol. The fourth-order valence-electron chi connectivity index (χ4n) is 1.05. The lowest BCUT2D eigenvalue weighted by molar-refractivity contribution is -0.00365. The summed E-state index contributed by atoms with van der Waals surface area (Å²) in [6.07, 6.45) is -4.21. The maximum atomic E-state index is 11.9. The smallest absolute Gasteiger partial charge is 0.264 e. The lowest BCUT2D eigenvalue weighted by Gasteiger charge is -2.08. The molecule has 0 aliphatic rings. The van der Waals surface area contributed by atoms with Gasteiger partial charge in [0.15, 0.2) is 0 Å². The second-order valence-electron chi connectivity index (χ2n) is 3.09. The molecular formula is C10H12F2O. The van der Waals surface area contributed by atoms with Gasteiger partial charge in [0, 0.05) is 6.42 Å². The van der Waals surface area contributed by atoms with Crippen molar-refractivity contribution in [1.29, 1.82) is 0 Å². The largest absolute Gasteiger partial charge is 0.387 e. The number of benzene rings is 1. The second kappa shape index (κ2) is 4.33. The van der Waals surface area contributed by atoms with Crippen LogP contribution in [0.4, 0.5) is 8.78 Å². The van der Waals surface area contributed by atoms with E-state index in [1.54, 1.807) is 12.1 Å². The van der Waals surface area contributed by atoms with Crippen molar-refractivity contribution in [2.24, 2.45) is 0 Å². The molecule has 3 heteroatoms. The summed E-state index contributed by atoms with van der Waals surface area (Å²) in [4.78, 5) is 0. The molecule has 0 radical (unpaired) electrons. The van der Waals surface area contributed by atoms with Gasteiger partial charge in [-0.15, -0.1) is 0 Å². The first-order valence-corrected chi connectivity index (χ1v) is 4.11. The van der Waals surface area contributed by atoms with Crippen LogP contribution in [0.15, 0.2) is 24.3 Å². The van der Waals surface area contributed by atoms with Crippen molar-refractivity contribution in [2.75, 3.05) is 0 Å². The number of halogens is 2. The molecule has 0 bridgehead atoms. The van der Waals surface area contributed by atoms with Crippen LogP contribution in [0.5, 0.6) is 0 Å². The quantitative estimate of drug-likeness (QED) is 0.767. The summed E-state index contributed by atoms with van der Waals surface area (Å²) in [6.45, 7) is 1.92. The predicted molar refractivity (Wildman–Crippen MR) is 46.9 cm³/mol. The molecule has 1 nitrogen and oxygen atoms in total. The summed E-state index contributed by atoms with van der Waals surface area (Å²) in [7, 11) is 0. The lowest BCUT2D eigenvalue weighted by atomic mass is 10.1. The van der Waals surface area contributed by atoms with Crippen molar-refractivity contribution in [3.63, 3.8) is 0 Å². The van der Waals surface area contributed by atoms with Gasteiger partial charge in [0.25, 0.3) is 6.43 Å². The number of hydrogen-bond donors (Lipinski definition) is 1. The fourth-order valence-corrected chi connectivity index (χ4v) is 1.05. The Balaban J connectivity index is 2.59. The van der Waals surface area contributed by atoms with Crippen LogP contribution in [-0.4, -0.2) is 17.6 Å².